The van der Waals surface area contributed by atoms with E-state index in [9.17, 15) is 13.2 Å². The van der Waals surface area contributed by atoms with E-state index in [2.05, 4.69) is 4.98 Å². The highest BCUT2D eigenvalue weighted by Crippen LogP contribution is 2.30. The number of hydrogen-bond donors (Lipinski definition) is 1. The standard InChI is InChI=1S/C7H6ClF3N2/c8-5-1-4(2-13-3-5)6(12)7(9,10)11/h1-3,6H,12H2/t6-/m0/s1. The van der Waals surface area contributed by atoms with E-state index in [1.54, 1.807) is 0 Å². The number of rotatable bonds is 1. The first kappa shape index (κ1) is 10.3. The van der Waals surface area contributed by atoms with Gasteiger partial charge in [0.15, 0.2) is 0 Å². The molecule has 2 nitrogen and oxygen atoms in total. The van der Waals surface area contributed by atoms with E-state index >= 15 is 0 Å². The molecule has 1 heterocycles. The van der Waals surface area contributed by atoms with E-state index in [0.29, 0.717) is 0 Å². The lowest BCUT2D eigenvalue weighted by Crippen LogP contribution is -2.28. The summed E-state index contributed by atoms with van der Waals surface area (Å²) in [5, 5.41) is 0.136. The fraction of sp³-hybridized carbons (Fsp3) is 0.286. The van der Waals surface area contributed by atoms with E-state index in [1.807, 2.05) is 0 Å². The van der Waals surface area contributed by atoms with Crippen molar-refractivity contribution in [2.24, 2.45) is 5.73 Å². The molecule has 0 radical (unpaired) electrons. The molecule has 0 saturated heterocycles. The summed E-state index contributed by atoms with van der Waals surface area (Å²) in [6.45, 7) is 0. The molecule has 0 unspecified atom stereocenters. The molecule has 1 rings (SSSR count). The molecule has 6 heteroatoms. The number of hydrogen-bond acceptors (Lipinski definition) is 2. The first-order valence-electron chi connectivity index (χ1n) is 3.34. The molecule has 13 heavy (non-hydrogen) atoms. The Balaban J connectivity index is 2.96. The number of halogens is 4. The Morgan fingerprint density at radius 2 is 2.00 bits per heavy atom. The van der Waals surface area contributed by atoms with Gasteiger partial charge in [-0.25, -0.2) is 0 Å². The number of nitrogens with two attached hydrogens (primary N) is 1. The highest BCUT2D eigenvalue weighted by molar-refractivity contribution is 6.30. The van der Waals surface area contributed by atoms with Crippen molar-refractivity contribution in [3.8, 4) is 0 Å². The summed E-state index contributed by atoms with van der Waals surface area (Å²) in [6.07, 6.45) is -2.18. The number of nitrogens with zero attached hydrogens (tertiary/aromatic N) is 1. The van der Waals surface area contributed by atoms with Crippen LogP contribution in [-0.2, 0) is 0 Å². The summed E-state index contributed by atoms with van der Waals surface area (Å²) < 4.78 is 36.2. The van der Waals surface area contributed by atoms with Crippen molar-refractivity contribution >= 4 is 11.6 Å². The Labute approximate surface area is 77.5 Å². The maximum atomic E-state index is 12.1. The average molecular weight is 211 g/mol. The first-order chi connectivity index (χ1) is 5.91. The summed E-state index contributed by atoms with van der Waals surface area (Å²) >= 11 is 5.45. The van der Waals surface area contributed by atoms with Gasteiger partial charge in [0.05, 0.1) is 5.02 Å². The van der Waals surface area contributed by atoms with Crippen LogP contribution in [0.15, 0.2) is 18.5 Å². The third-order valence-electron chi connectivity index (χ3n) is 1.44. The van der Waals surface area contributed by atoms with Crippen LogP contribution < -0.4 is 5.73 Å². The monoisotopic (exact) mass is 210 g/mol. The Bertz CT molecular complexity index is 300. The van der Waals surface area contributed by atoms with Gasteiger partial charge in [0.1, 0.15) is 6.04 Å². The fourth-order valence-corrected chi connectivity index (χ4v) is 0.970. The lowest BCUT2D eigenvalue weighted by atomic mass is 10.1. The molecule has 0 spiro atoms. The molecule has 1 aromatic rings. The largest absolute Gasteiger partial charge is 0.407 e. The smallest absolute Gasteiger partial charge is 0.316 e. The van der Waals surface area contributed by atoms with Crippen molar-refractivity contribution in [1.29, 1.82) is 0 Å². The molecular weight excluding hydrogens is 205 g/mol. The average Bonchev–Trinajstić information content (AvgIpc) is 2.01. The van der Waals surface area contributed by atoms with Crippen LogP contribution in [-0.4, -0.2) is 11.2 Å². The second kappa shape index (κ2) is 3.51. The Hall–Kier alpha value is -0.810. The minimum Gasteiger partial charge on any atom is -0.316 e. The minimum atomic E-state index is -4.47. The van der Waals surface area contributed by atoms with Crippen LogP contribution in [0.4, 0.5) is 13.2 Å². The highest BCUT2D eigenvalue weighted by atomic mass is 35.5. The van der Waals surface area contributed by atoms with Gasteiger partial charge >= 0.3 is 6.18 Å². The first-order valence-corrected chi connectivity index (χ1v) is 3.72. The van der Waals surface area contributed by atoms with Crippen molar-refractivity contribution in [2.45, 2.75) is 12.2 Å². The molecule has 0 bridgehead atoms. The van der Waals surface area contributed by atoms with E-state index < -0.39 is 12.2 Å². The van der Waals surface area contributed by atoms with Crippen molar-refractivity contribution in [2.75, 3.05) is 0 Å². The maximum absolute atomic E-state index is 12.1. The van der Waals surface area contributed by atoms with E-state index in [1.165, 1.54) is 6.20 Å². The van der Waals surface area contributed by atoms with Crippen LogP contribution >= 0.6 is 11.6 Å². The normalized spacial score (nSPS) is 14.2. The van der Waals surface area contributed by atoms with Gasteiger partial charge in [-0.15, -0.1) is 0 Å². The molecular formula is C7H6ClF3N2. The van der Waals surface area contributed by atoms with Crippen LogP contribution in [0.3, 0.4) is 0 Å². The van der Waals surface area contributed by atoms with Crippen LogP contribution in [0.5, 0.6) is 0 Å². The van der Waals surface area contributed by atoms with E-state index in [-0.39, 0.29) is 10.6 Å². The van der Waals surface area contributed by atoms with Gasteiger partial charge in [0.2, 0.25) is 0 Å². The topological polar surface area (TPSA) is 38.9 Å². The van der Waals surface area contributed by atoms with Gasteiger partial charge in [-0.05, 0) is 11.6 Å². The molecule has 1 atom stereocenters. The molecule has 1 aromatic heterocycles. The zero-order valence-corrected chi connectivity index (χ0v) is 7.10. The number of alkyl halides is 3. The number of aromatic nitrogens is 1. The second-order valence-corrected chi connectivity index (χ2v) is 2.89. The van der Waals surface area contributed by atoms with E-state index in [0.717, 1.165) is 12.3 Å². The minimum absolute atomic E-state index is 0.136. The molecule has 0 amide bonds. The third-order valence-corrected chi connectivity index (χ3v) is 1.64. The zero-order valence-electron chi connectivity index (χ0n) is 6.35. The van der Waals surface area contributed by atoms with Gasteiger partial charge in [0.25, 0.3) is 0 Å². The highest BCUT2D eigenvalue weighted by Gasteiger charge is 2.37. The Kier molecular flexibility index (Phi) is 2.77. The summed E-state index contributed by atoms with van der Waals surface area (Å²) in [4.78, 5) is 3.51. The van der Waals surface area contributed by atoms with Gasteiger partial charge in [-0.1, -0.05) is 11.6 Å². The van der Waals surface area contributed by atoms with Gasteiger partial charge < -0.3 is 5.73 Å². The summed E-state index contributed by atoms with van der Waals surface area (Å²) in [7, 11) is 0. The quantitative estimate of drug-likeness (QED) is 0.773. The number of pyridine rings is 1. The molecule has 0 aliphatic carbocycles. The molecule has 72 valence electrons. The van der Waals surface area contributed by atoms with Crippen molar-refractivity contribution in [3.05, 3.63) is 29.0 Å². The van der Waals surface area contributed by atoms with Crippen LogP contribution in [0.2, 0.25) is 5.02 Å². The molecule has 0 aliphatic heterocycles. The van der Waals surface area contributed by atoms with Gasteiger partial charge in [-0.2, -0.15) is 13.2 Å². The summed E-state index contributed by atoms with van der Waals surface area (Å²) in [6, 6.07) is -0.883. The third kappa shape index (κ3) is 2.57. The Morgan fingerprint density at radius 3 is 2.46 bits per heavy atom. The van der Waals surface area contributed by atoms with Crippen LogP contribution in [0.1, 0.15) is 11.6 Å². The SMILES string of the molecule is N[C@@H](c1cncc(Cl)c1)C(F)(F)F. The van der Waals surface area contributed by atoms with Gasteiger partial charge in [-0.3, -0.25) is 4.98 Å². The van der Waals surface area contributed by atoms with Crippen molar-refractivity contribution in [1.82, 2.24) is 4.98 Å². The molecule has 2 N–H and O–H groups in total. The lowest BCUT2D eigenvalue weighted by molar-refractivity contribution is -0.149. The summed E-state index contributed by atoms with van der Waals surface area (Å²) in [5.74, 6) is 0. The molecule has 0 aliphatic rings. The van der Waals surface area contributed by atoms with Crippen LogP contribution in [0, 0.1) is 0 Å². The predicted octanol–water partition coefficient (Wildman–Crippen LogP) is 2.30. The molecule has 0 fully saturated rings. The second-order valence-electron chi connectivity index (χ2n) is 2.46. The van der Waals surface area contributed by atoms with Crippen LogP contribution in [0.25, 0.3) is 0 Å². The fourth-order valence-electron chi connectivity index (χ4n) is 0.787. The van der Waals surface area contributed by atoms with E-state index in [4.69, 9.17) is 17.3 Å². The molecule has 0 saturated carbocycles. The van der Waals surface area contributed by atoms with Crippen molar-refractivity contribution in [3.63, 3.8) is 0 Å². The summed E-state index contributed by atoms with van der Waals surface area (Å²) in [5.41, 5.74) is 4.78. The molecule has 0 aromatic carbocycles. The maximum Gasteiger partial charge on any atom is 0.407 e. The Morgan fingerprint density at radius 1 is 1.38 bits per heavy atom. The zero-order chi connectivity index (χ0) is 10.1. The van der Waals surface area contributed by atoms with Gasteiger partial charge in [0, 0.05) is 12.4 Å². The van der Waals surface area contributed by atoms with Crippen molar-refractivity contribution < 1.29 is 13.2 Å². The lowest BCUT2D eigenvalue weighted by Gasteiger charge is -2.15. The predicted molar refractivity (Wildman–Crippen MR) is 42.2 cm³/mol.